The highest BCUT2D eigenvalue weighted by molar-refractivity contribution is 6.31. The maximum atomic E-state index is 13.1. The van der Waals surface area contributed by atoms with Gasteiger partial charge in [0, 0.05) is 29.1 Å². The van der Waals surface area contributed by atoms with E-state index in [2.05, 4.69) is 0 Å². The van der Waals surface area contributed by atoms with Gasteiger partial charge in [0.1, 0.15) is 0 Å². The summed E-state index contributed by atoms with van der Waals surface area (Å²) in [6.45, 7) is 0.295. The van der Waals surface area contributed by atoms with Gasteiger partial charge in [0.2, 0.25) is 5.75 Å². The Labute approximate surface area is 156 Å². The SMILES string of the molecule is COc1cc(C(=O)N2CCC(=O)c3cc(Cl)ccc32)cc(OC)c1OC. The summed E-state index contributed by atoms with van der Waals surface area (Å²) in [6.07, 6.45) is 0.240. The summed E-state index contributed by atoms with van der Waals surface area (Å²) >= 11 is 6.00. The lowest BCUT2D eigenvalue weighted by molar-refractivity contribution is 0.0954. The van der Waals surface area contributed by atoms with E-state index in [1.165, 1.54) is 21.3 Å². The molecule has 1 aliphatic rings. The fraction of sp³-hybridized carbons (Fsp3) is 0.263. The topological polar surface area (TPSA) is 65.1 Å². The van der Waals surface area contributed by atoms with E-state index >= 15 is 0 Å². The van der Waals surface area contributed by atoms with E-state index in [4.69, 9.17) is 25.8 Å². The lowest BCUT2D eigenvalue weighted by atomic mass is 9.99. The van der Waals surface area contributed by atoms with Crippen LogP contribution in [0.25, 0.3) is 0 Å². The summed E-state index contributed by atoms with van der Waals surface area (Å²) in [5, 5.41) is 0.458. The third kappa shape index (κ3) is 3.08. The number of methoxy groups -OCH3 is 3. The quantitative estimate of drug-likeness (QED) is 0.816. The Morgan fingerprint density at radius 2 is 1.69 bits per heavy atom. The maximum Gasteiger partial charge on any atom is 0.258 e. The van der Waals surface area contributed by atoms with Gasteiger partial charge >= 0.3 is 0 Å². The van der Waals surface area contributed by atoms with Crippen LogP contribution in [0.4, 0.5) is 5.69 Å². The minimum atomic E-state index is -0.264. The molecule has 0 aromatic heterocycles. The Kier molecular flexibility index (Phi) is 5.04. The Morgan fingerprint density at radius 1 is 1.04 bits per heavy atom. The van der Waals surface area contributed by atoms with Crippen molar-refractivity contribution >= 4 is 29.0 Å². The van der Waals surface area contributed by atoms with Crippen molar-refractivity contribution < 1.29 is 23.8 Å². The van der Waals surface area contributed by atoms with Crippen molar-refractivity contribution in [3.8, 4) is 17.2 Å². The summed E-state index contributed by atoms with van der Waals surface area (Å²) in [5.41, 5.74) is 1.36. The number of fused-ring (bicyclic) bond motifs is 1. The molecule has 0 spiro atoms. The number of hydrogen-bond acceptors (Lipinski definition) is 5. The summed E-state index contributed by atoms with van der Waals surface area (Å²) in [4.78, 5) is 26.9. The zero-order valence-electron chi connectivity index (χ0n) is 14.7. The molecule has 0 fully saturated rings. The van der Waals surface area contributed by atoms with Crippen LogP contribution < -0.4 is 19.1 Å². The molecule has 6 nitrogen and oxygen atoms in total. The second-order valence-corrected chi connectivity index (χ2v) is 6.14. The smallest absolute Gasteiger partial charge is 0.258 e. The number of ether oxygens (including phenoxy) is 3. The zero-order chi connectivity index (χ0) is 18.8. The van der Waals surface area contributed by atoms with Crippen LogP contribution in [-0.2, 0) is 0 Å². The molecule has 1 amide bonds. The Hall–Kier alpha value is -2.73. The van der Waals surface area contributed by atoms with E-state index in [1.807, 2.05) is 0 Å². The summed E-state index contributed by atoms with van der Waals surface area (Å²) in [7, 11) is 4.48. The summed E-state index contributed by atoms with van der Waals surface area (Å²) in [6, 6.07) is 8.12. The van der Waals surface area contributed by atoms with E-state index < -0.39 is 0 Å². The molecule has 7 heteroatoms. The molecular weight excluding hydrogens is 358 g/mol. The Balaban J connectivity index is 2.06. The molecule has 2 aromatic carbocycles. The molecule has 1 heterocycles. The number of rotatable bonds is 4. The monoisotopic (exact) mass is 375 g/mol. The van der Waals surface area contributed by atoms with Gasteiger partial charge in [-0.05, 0) is 30.3 Å². The molecule has 0 bridgehead atoms. The normalized spacial score (nSPS) is 13.2. The minimum absolute atomic E-state index is 0.0311. The van der Waals surface area contributed by atoms with Gasteiger partial charge in [-0.3, -0.25) is 9.59 Å². The van der Waals surface area contributed by atoms with Crippen LogP contribution >= 0.6 is 11.6 Å². The highest BCUT2D eigenvalue weighted by atomic mass is 35.5. The van der Waals surface area contributed by atoms with Crippen LogP contribution in [0.15, 0.2) is 30.3 Å². The third-order valence-corrected chi connectivity index (χ3v) is 4.50. The highest BCUT2D eigenvalue weighted by Gasteiger charge is 2.29. The number of benzene rings is 2. The average molecular weight is 376 g/mol. The van der Waals surface area contributed by atoms with Crippen LogP contribution in [0, 0.1) is 0 Å². The minimum Gasteiger partial charge on any atom is -0.493 e. The third-order valence-electron chi connectivity index (χ3n) is 4.27. The number of anilines is 1. The van der Waals surface area contributed by atoms with Gasteiger partial charge in [0.25, 0.3) is 5.91 Å². The number of Topliss-reactive ketones (excluding diaryl/α,β-unsaturated/α-hetero) is 1. The second-order valence-electron chi connectivity index (χ2n) is 5.71. The Bertz CT molecular complexity index is 855. The maximum absolute atomic E-state index is 13.1. The molecule has 0 saturated carbocycles. The molecule has 0 N–H and O–H groups in total. The van der Waals surface area contributed by atoms with Crippen molar-refractivity contribution in [3.63, 3.8) is 0 Å². The summed E-state index contributed by atoms with van der Waals surface area (Å²) < 4.78 is 15.9. The predicted octanol–water partition coefficient (Wildman–Crippen LogP) is 3.60. The number of carbonyl (C=O) groups is 2. The molecule has 1 aliphatic heterocycles. The lowest BCUT2D eigenvalue weighted by Gasteiger charge is -2.29. The van der Waals surface area contributed by atoms with Crippen LogP contribution in [0.5, 0.6) is 17.2 Å². The fourth-order valence-electron chi connectivity index (χ4n) is 3.01. The van der Waals surface area contributed by atoms with Gasteiger partial charge in [-0.25, -0.2) is 0 Å². The van der Waals surface area contributed by atoms with Gasteiger partial charge in [0.15, 0.2) is 17.3 Å². The molecule has 0 saturated heterocycles. The number of ketones is 1. The molecule has 136 valence electrons. The first kappa shape index (κ1) is 18.1. The van der Waals surface area contributed by atoms with E-state index in [9.17, 15) is 9.59 Å². The van der Waals surface area contributed by atoms with Crippen LogP contribution in [-0.4, -0.2) is 39.6 Å². The van der Waals surface area contributed by atoms with Gasteiger partial charge in [0.05, 0.1) is 27.0 Å². The van der Waals surface area contributed by atoms with Crippen molar-refractivity contribution in [1.29, 1.82) is 0 Å². The van der Waals surface area contributed by atoms with Crippen LogP contribution in [0.2, 0.25) is 5.02 Å². The molecule has 0 aliphatic carbocycles. The summed E-state index contributed by atoms with van der Waals surface area (Å²) in [5.74, 6) is 0.892. The van der Waals surface area contributed by atoms with Crippen molar-refractivity contribution in [1.82, 2.24) is 0 Å². The van der Waals surface area contributed by atoms with E-state index in [-0.39, 0.29) is 18.1 Å². The predicted molar refractivity (Wildman–Crippen MR) is 98.2 cm³/mol. The first-order valence-corrected chi connectivity index (χ1v) is 8.32. The van der Waals surface area contributed by atoms with Crippen molar-refractivity contribution in [2.24, 2.45) is 0 Å². The number of hydrogen-bond donors (Lipinski definition) is 0. The first-order chi connectivity index (χ1) is 12.5. The van der Waals surface area contributed by atoms with Gasteiger partial charge in [-0.15, -0.1) is 0 Å². The molecule has 0 atom stereocenters. The van der Waals surface area contributed by atoms with E-state index in [1.54, 1.807) is 35.2 Å². The molecule has 3 rings (SSSR count). The van der Waals surface area contributed by atoms with Gasteiger partial charge < -0.3 is 19.1 Å². The zero-order valence-corrected chi connectivity index (χ0v) is 15.4. The number of halogens is 1. The van der Waals surface area contributed by atoms with Gasteiger partial charge in [-0.1, -0.05) is 11.6 Å². The lowest BCUT2D eigenvalue weighted by Crippen LogP contribution is -2.37. The van der Waals surface area contributed by atoms with Crippen molar-refractivity contribution in [3.05, 3.63) is 46.5 Å². The van der Waals surface area contributed by atoms with Crippen molar-refractivity contribution in [2.75, 3.05) is 32.8 Å². The number of carbonyl (C=O) groups excluding carboxylic acids is 2. The molecule has 0 radical (unpaired) electrons. The van der Waals surface area contributed by atoms with Crippen LogP contribution in [0.3, 0.4) is 0 Å². The fourth-order valence-corrected chi connectivity index (χ4v) is 3.18. The molecule has 26 heavy (non-hydrogen) atoms. The van der Waals surface area contributed by atoms with Crippen LogP contribution in [0.1, 0.15) is 27.1 Å². The Morgan fingerprint density at radius 3 is 2.27 bits per heavy atom. The van der Waals surface area contributed by atoms with E-state index in [0.717, 1.165) is 0 Å². The average Bonchev–Trinajstić information content (AvgIpc) is 2.66. The standard InChI is InChI=1S/C19H18ClNO5/c1-24-16-8-11(9-17(25-2)18(16)26-3)19(23)21-7-6-15(22)13-10-12(20)4-5-14(13)21/h4-5,8-10H,6-7H2,1-3H3. The second kappa shape index (κ2) is 7.25. The highest BCUT2D eigenvalue weighted by Crippen LogP contribution is 2.39. The molecule has 2 aromatic rings. The van der Waals surface area contributed by atoms with Gasteiger partial charge in [-0.2, -0.15) is 0 Å². The van der Waals surface area contributed by atoms with Crippen molar-refractivity contribution in [2.45, 2.75) is 6.42 Å². The molecular formula is C19H18ClNO5. The number of amides is 1. The molecule has 0 unspecified atom stereocenters. The first-order valence-electron chi connectivity index (χ1n) is 7.94. The number of nitrogens with zero attached hydrogens (tertiary/aromatic N) is 1. The van der Waals surface area contributed by atoms with E-state index in [0.29, 0.717) is 45.6 Å². The largest absolute Gasteiger partial charge is 0.493 e.